The average Bonchev–Trinajstić information content (AvgIpc) is 2.98. The van der Waals surface area contributed by atoms with Gasteiger partial charge in [0, 0.05) is 18.8 Å². The molecule has 0 aliphatic heterocycles. The average molecular weight is 344 g/mol. The number of carbonyl (C=O) groups is 1. The van der Waals surface area contributed by atoms with E-state index in [1.54, 1.807) is 23.4 Å². The van der Waals surface area contributed by atoms with Gasteiger partial charge in [0.1, 0.15) is 11.5 Å². The molecular weight excluding hydrogens is 330 g/mol. The van der Waals surface area contributed by atoms with Crippen LogP contribution in [0.25, 0.3) is 0 Å². The van der Waals surface area contributed by atoms with Crippen molar-refractivity contribution in [3.63, 3.8) is 0 Å². The minimum absolute atomic E-state index is 0.118. The molecule has 0 spiro atoms. The Morgan fingerprint density at radius 3 is 3.00 bits per heavy atom. The zero-order valence-electron chi connectivity index (χ0n) is 10.4. The number of carbonyl (C=O) groups excluding carboxylic acids is 1. The van der Waals surface area contributed by atoms with Crippen LogP contribution in [0.15, 0.2) is 26.6 Å². The number of furan rings is 1. The molecule has 19 heavy (non-hydrogen) atoms. The number of amides is 1. The molecule has 0 radical (unpaired) electrons. The number of nitrogens with two attached hydrogens (primary N) is 1. The monoisotopic (exact) mass is 343 g/mol. The topological polar surface area (TPSA) is 72.4 Å². The Hall–Kier alpha value is -1.18. The zero-order valence-corrected chi connectivity index (χ0v) is 12.8. The van der Waals surface area contributed by atoms with Crippen molar-refractivity contribution in [3.8, 4) is 0 Å². The molecule has 0 aliphatic carbocycles. The van der Waals surface area contributed by atoms with Crippen molar-refractivity contribution in [1.82, 2.24) is 9.88 Å². The Kier molecular flexibility index (Phi) is 4.73. The van der Waals surface area contributed by atoms with Gasteiger partial charge >= 0.3 is 0 Å². The third-order valence-corrected chi connectivity index (χ3v) is 3.83. The minimum atomic E-state index is -0.118. The van der Waals surface area contributed by atoms with Crippen LogP contribution in [0.2, 0.25) is 0 Å². The van der Waals surface area contributed by atoms with Crippen molar-refractivity contribution in [2.45, 2.75) is 13.0 Å². The molecule has 0 unspecified atom stereocenters. The highest BCUT2D eigenvalue weighted by molar-refractivity contribution is 9.10. The number of aromatic nitrogens is 1. The van der Waals surface area contributed by atoms with Gasteiger partial charge in [-0.25, -0.2) is 4.98 Å². The lowest BCUT2D eigenvalue weighted by molar-refractivity contribution is 0.0770. The smallest absolute Gasteiger partial charge is 0.273 e. The molecule has 7 heteroatoms. The summed E-state index contributed by atoms with van der Waals surface area (Å²) >= 11 is 4.69. The van der Waals surface area contributed by atoms with Gasteiger partial charge in [-0.05, 0) is 34.6 Å². The van der Waals surface area contributed by atoms with Gasteiger partial charge in [-0.3, -0.25) is 4.79 Å². The van der Waals surface area contributed by atoms with E-state index in [1.807, 2.05) is 6.07 Å². The van der Waals surface area contributed by atoms with Gasteiger partial charge < -0.3 is 15.1 Å². The number of halogens is 1. The highest BCUT2D eigenvalue weighted by Gasteiger charge is 2.16. The van der Waals surface area contributed by atoms with Gasteiger partial charge in [-0.1, -0.05) is 0 Å². The third-order valence-electron chi connectivity index (χ3n) is 2.50. The summed E-state index contributed by atoms with van der Waals surface area (Å²) in [5.74, 6) is 0.604. The third kappa shape index (κ3) is 3.65. The fraction of sp³-hybridized carbons (Fsp3) is 0.333. The lowest BCUT2D eigenvalue weighted by atomic mass is 10.3. The Labute approximate surface area is 123 Å². The first kappa shape index (κ1) is 14.2. The van der Waals surface area contributed by atoms with Gasteiger partial charge in [0.2, 0.25) is 0 Å². The Morgan fingerprint density at radius 1 is 1.58 bits per heavy atom. The van der Waals surface area contributed by atoms with E-state index < -0.39 is 0 Å². The molecule has 2 aromatic rings. The van der Waals surface area contributed by atoms with E-state index in [9.17, 15) is 4.79 Å². The quantitative estimate of drug-likeness (QED) is 0.903. The molecule has 0 saturated carbocycles. The second kappa shape index (κ2) is 6.31. The van der Waals surface area contributed by atoms with Crippen molar-refractivity contribution in [2.24, 2.45) is 5.73 Å². The largest absolute Gasteiger partial charge is 0.452 e. The van der Waals surface area contributed by atoms with Crippen molar-refractivity contribution < 1.29 is 9.21 Å². The highest BCUT2D eigenvalue weighted by Crippen LogP contribution is 2.17. The standard InChI is InChI=1S/C12H14BrN3O2S/c1-16(6-8-2-3-10(13)18-8)12(17)9-7-19-11(15-9)4-5-14/h2-3,7H,4-6,14H2,1H3. The Balaban J connectivity index is 2.01. The maximum Gasteiger partial charge on any atom is 0.273 e. The summed E-state index contributed by atoms with van der Waals surface area (Å²) in [6.07, 6.45) is 0.701. The molecule has 2 aromatic heterocycles. The minimum Gasteiger partial charge on any atom is -0.452 e. The maximum absolute atomic E-state index is 12.2. The van der Waals surface area contributed by atoms with Crippen LogP contribution in [-0.2, 0) is 13.0 Å². The van der Waals surface area contributed by atoms with E-state index in [0.717, 1.165) is 10.8 Å². The van der Waals surface area contributed by atoms with E-state index in [-0.39, 0.29) is 5.91 Å². The summed E-state index contributed by atoms with van der Waals surface area (Å²) in [5, 5.41) is 2.65. The Morgan fingerprint density at radius 2 is 2.37 bits per heavy atom. The van der Waals surface area contributed by atoms with E-state index in [0.29, 0.717) is 29.9 Å². The molecule has 5 nitrogen and oxygen atoms in total. The van der Waals surface area contributed by atoms with Crippen LogP contribution >= 0.6 is 27.3 Å². The van der Waals surface area contributed by atoms with E-state index in [2.05, 4.69) is 20.9 Å². The van der Waals surface area contributed by atoms with Crippen molar-refractivity contribution in [1.29, 1.82) is 0 Å². The van der Waals surface area contributed by atoms with Crippen LogP contribution in [0.3, 0.4) is 0 Å². The summed E-state index contributed by atoms with van der Waals surface area (Å²) in [5.41, 5.74) is 5.92. The lowest BCUT2D eigenvalue weighted by Gasteiger charge is -2.13. The van der Waals surface area contributed by atoms with E-state index in [4.69, 9.17) is 10.2 Å². The second-order valence-electron chi connectivity index (χ2n) is 4.03. The van der Waals surface area contributed by atoms with Crippen molar-refractivity contribution >= 4 is 33.2 Å². The van der Waals surface area contributed by atoms with Gasteiger partial charge in [0.15, 0.2) is 4.67 Å². The first-order valence-corrected chi connectivity index (χ1v) is 7.41. The summed E-state index contributed by atoms with van der Waals surface area (Å²) < 4.78 is 6.03. The van der Waals surface area contributed by atoms with Crippen LogP contribution in [0.4, 0.5) is 0 Å². The van der Waals surface area contributed by atoms with E-state index >= 15 is 0 Å². The lowest BCUT2D eigenvalue weighted by Crippen LogP contribution is -2.26. The Bertz CT molecular complexity index is 567. The van der Waals surface area contributed by atoms with Crippen LogP contribution < -0.4 is 5.73 Å². The first-order chi connectivity index (χ1) is 9.10. The van der Waals surface area contributed by atoms with E-state index in [1.165, 1.54) is 11.3 Å². The van der Waals surface area contributed by atoms with Crippen LogP contribution in [-0.4, -0.2) is 29.4 Å². The van der Waals surface area contributed by atoms with Gasteiger partial charge in [0.05, 0.1) is 11.6 Å². The summed E-state index contributed by atoms with van der Waals surface area (Å²) in [4.78, 5) is 18.0. The maximum atomic E-state index is 12.2. The number of hydrogen-bond acceptors (Lipinski definition) is 5. The fourth-order valence-corrected chi connectivity index (χ4v) is 2.71. The van der Waals surface area contributed by atoms with Crippen LogP contribution in [0, 0.1) is 0 Å². The van der Waals surface area contributed by atoms with Gasteiger partial charge in [-0.2, -0.15) is 0 Å². The summed E-state index contributed by atoms with van der Waals surface area (Å²) in [7, 11) is 1.72. The molecule has 2 heterocycles. The number of thiazole rings is 1. The first-order valence-electron chi connectivity index (χ1n) is 5.74. The molecule has 0 atom stereocenters. The molecule has 0 aromatic carbocycles. The zero-order chi connectivity index (χ0) is 13.8. The number of nitrogens with zero attached hydrogens (tertiary/aromatic N) is 2. The molecule has 1 amide bonds. The molecule has 0 aliphatic rings. The normalized spacial score (nSPS) is 10.7. The van der Waals surface area contributed by atoms with Crippen LogP contribution in [0.1, 0.15) is 21.3 Å². The fourth-order valence-electron chi connectivity index (χ4n) is 1.59. The molecule has 2 rings (SSSR count). The van der Waals surface area contributed by atoms with Gasteiger partial charge in [-0.15, -0.1) is 11.3 Å². The number of rotatable bonds is 5. The second-order valence-corrected chi connectivity index (χ2v) is 5.76. The SMILES string of the molecule is CN(Cc1ccc(Br)o1)C(=O)c1csc(CCN)n1. The molecular formula is C12H14BrN3O2S. The summed E-state index contributed by atoms with van der Waals surface area (Å²) in [6.45, 7) is 0.950. The van der Waals surface area contributed by atoms with Crippen LogP contribution in [0.5, 0.6) is 0 Å². The predicted molar refractivity (Wildman–Crippen MR) is 77.1 cm³/mol. The molecule has 0 bridgehead atoms. The molecule has 102 valence electrons. The van der Waals surface area contributed by atoms with Gasteiger partial charge in [0.25, 0.3) is 5.91 Å². The molecule has 0 fully saturated rings. The summed E-state index contributed by atoms with van der Waals surface area (Å²) in [6, 6.07) is 3.63. The van der Waals surface area contributed by atoms with Crippen molar-refractivity contribution in [3.05, 3.63) is 38.6 Å². The molecule has 2 N–H and O–H groups in total. The predicted octanol–water partition coefficient (Wildman–Crippen LogP) is 2.27. The highest BCUT2D eigenvalue weighted by atomic mass is 79.9. The van der Waals surface area contributed by atoms with Crippen molar-refractivity contribution in [2.75, 3.05) is 13.6 Å². The molecule has 0 saturated heterocycles. The number of hydrogen-bond donors (Lipinski definition) is 1.